The van der Waals surface area contributed by atoms with Gasteiger partial charge in [-0.2, -0.15) is 9.57 Å². The molecule has 0 spiro atoms. The first kappa shape index (κ1) is 23.8. The van der Waals surface area contributed by atoms with Crippen LogP contribution in [0.15, 0.2) is 47.4 Å². The Labute approximate surface area is 186 Å². The lowest BCUT2D eigenvalue weighted by Crippen LogP contribution is -2.52. The fourth-order valence-electron chi connectivity index (χ4n) is 3.58. The minimum atomic E-state index is -3.85. The Bertz CT molecular complexity index is 1110. The number of sulfonamides is 1. The summed E-state index contributed by atoms with van der Waals surface area (Å²) in [6.07, 6.45) is 0. The van der Waals surface area contributed by atoms with Crippen molar-refractivity contribution >= 4 is 15.9 Å². The average molecular weight is 463 g/mol. The van der Waals surface area contributed by atoms with E-state index in [9.17, 15) is 27.3 Å². The van der Waals surface area contributed by atoms with Crippen molar-refractivity contribution in [1.82, 2.24) is 14.1 Å². The summed E-state index contributed by atoms with van der Waals surface area (Å²) in [5.41, 5.74) is -0.0146. The van der Waals surface area contributed by atoms with Crippen LogP contribution < -0.4 is 0 Å². The van der Waals surface area contributed by atoms with Crippen LogP contribution in [0.5, 0.6) is 0 Å². The molecule has 0 saturated carbocycles. The van der Waals surface area contributed by atoms with Crippen molar-refractivity contribution in [2.24, 2.45) is 0 Å². The lowest BCUT2D eigenvalue weighted by Gasteiger charge is -2.35. The average Bonchev–Trinajstić information content (AvgIpc) is 2.80. The third kappa shape index (κ3) is 5.12. The Morgan fingerprint density at radius 2 is 1.69 bits per heavy atom. The third-order valence-electron chi connectivity index (χ3n) is 5.47. The maximum absolute atomic E-state index is 13.9. The monoisotopic (exact) mass is 462 g/mol. The highest BCUT2D eigenvalue weighted by Gasteiger charge is 2.32. The Morgan fingerprint density at radius 1 is 1.06 bits per heavy atom. The number of amides is 1. The number of halogens is 2. The van der Waals surface area contributed by atoms with E-state index in [1.165, 1.54) is 34.6 Å². The summed E-state index contributed by atoms with van der Waals surface area (Å²) in [7, 11) is -3.85. The number of benzene rings is 2. The molecule has 0 bridgehead atoms. The molecule has 3 rings (SSSR count). The van der Waals surface area contributed by atoms with Crippen LogP contribution in [0.1, 0.15) is 18.1 Å². The first-order valence-electron chi connectivity index (χ1n) is 10.2. The van der Waals surface area contributed by atoms with Crippen molar-refractivity contribution in [1.29, 1.82) is 5.26 Å². The van der Waals surface area contributed by atoms with Gasteiger partial charge in [0.1, 0.15) is 17.7 Å². The van der Waals surface area contributed by atoms with Gasteiger partial charge in [-0.1, -0.05) is 25.1 Å². The first-order chi connectivity index (χ1) is 15.3. The summed E-state index contributed by atoms with van der Waals surface area (Å²) in [5, 5.41) is 9.20. The summed E-state index contributed by atoms with van der Waals surface area (Å²) in [4.78, 5) is 15.9. The molecule has 2 aromatic rings. The fraction of sp³-hybridized carbons (Fsp3) is 0.364. The molecule has 1 fully saturated rings. The lowest BCUT2D eigenvalue weighted by molar-refractivity contribution is -0.133. The Balaban J connectivity index is 1.62. The second kappa shape index (κ2) is 10.2. The molecule has 1 heterocycles. The van der Waals surface area contributed by atoms with Gasteiger partial charge in [-0.25, -0.2) is 17.2 Å². The van der Waals surface area contributed by atoms with E-state index in [-0.39, 0.29) is 61.2 Å². The lowest BCUT2D eigenvalue weighted by atomic mass is 10.2. The zero-order valence-corrected chi connectivity index (χ0v) is 18.5. The number of hydrogen-bond acceptors (Lipinski definition) is 5. The van der Waals surface area contributed by atoms with Crippen molar-refractivity contribution in [3.05, 3.63) is 65.2 Å². The van der Waals surface area contributed by atoms with Crippen LogP contribution in [0.2, 0.25) is 0 Å². The van der Waals surface area contributed by atoms with Gasteiger partial charge >= 0.3 is 0 Å². The van der Waals surface area contributed by atoms with E-state index in [1.54, 1.807) is 28.9 Å². The second-order valence-electron chi connectivity index (χ2n) is 7.40. The van der Waals surface area contributed by atoms with Crippen LogP contribution >= 0.6 is 0 Å². The van der Waals surface area contributed by atoms with Gasteiger partial charge in [-0.15, -0.1) is 0 Å². The normalized spacial score (nSPS) is 15.0. The number of hydrogen-bond donors (Lipinski definition) is 0. The van der Waals surface area contributed by atoms with E-state index in [4.69, 9.17) is 0 Å². The minimum absolute atomic E-state index is 0.0334. The van der Waals surface area contributed by atoms with Crippen LogP contribution in [-0.2, 0) is 21.4 Å². The van der Waals surface area contributed by atoms with Gasteiger partial charge in [0.15, 0.2) is 0 Å². The first-order valence-corrected chi connectivity index (χ1v) is 11.6. The molecule has 0 unspecified atom stereocenters. The number of nitrogens with zero attached hydrogens (tertiary/aromatic N) is 4. The van der Waals surface area contributed by atoms with Crippen molar-refractivity contribution in [2.45, 2.75) is 18.4 Å². The highest BCUT2D eigenvalue weighted by Crippen LogP contribution is 2.21. The van der Waals surface area contributed by atoms with Crippen LogP contribution in [0.3, 0.4) is 0 Å². The molecular formula is C22H24F2N4O3S. The van der Waals surface area contributed by atoms with E-state index in [1.807, 2.05) is 6.07 Å². The van der Waals surface area contributed by atoms with Crippen molar-refractivity contribution in [3.8, 4) is 6.07 Å². The zero-order valence-electron chi connectivity index (χ0n) is 17.7. The molecule has 0 aliphatic carbocycles. The van der Waals surface area contributed by atoms with Gasteiger partial charge in [0, 0.05) is 38.3 Å². The molecule has 1 aliphatic rings. The van der Waals surface area contributed by atoms with Crippen LogP contribution in [0.4, 0.5) is 8.78 Å². The Kier molecular flexibility index (Phi) is 7.56. The molecule has 2 aromatic carbocycles. The van der Waals surface area contributed by atoms with Gasteiger partial charge in [-0.3, -0.25) is 9.69 Å². The third-order valence-corrected chi connectivity index (χ3v) is 7.42. The fourth-order valence-corrected chi connectivity index (χ4v) is 5.14. The van der Waals surface area contributed by atoms with Gasteiger partial charge in [0.05, 0.1) is 17.0 Å². The molecule has 1 saturated heterocycles. The van der Waals surface area contributed by atoms with E-state index in [0.717, 1.165) is 0 Å². The minimum Gasteiger partial charge on any atom is -0.339 e. The van der Waals surface area contributed by atoms with Crippen molar-refractivity contribution < 1.29 is 22.0 Å². The van der Waals surface area contributed by atoms with Gasteiger partial charge in [0.25, 0.3) is 0 Å². The molecular weight excluding hydrogens is 438 g/mol. The Hall–Kier alpha value is -2.87. The maximum atomic E-state index is 13.9. The van der Waals surface area contributed by atoms with Crippen LogP contribution in [0.25, 0.3) is 0 Å². The quantitative estimate of drug-likeness (QED) is 0.630. The topological polar surface area (TPSA) is 84.7 Å². The summed E-state index contributed by atoms with van der Waals surface area (Å²) in [6, 6.07) is 11.5. The van der Waals surface area contributed by atoms with E-state index in [0.29, 0.717) is 6.54 Å². The summed E-state index contributed by atoms with van der Waals surface area (Å²) >= 11 is 0. The summed E-state index contributed by atoms with van der Waals surface area (Å²) in [6.45, 7) is 2.72. The SMILES string of the molecule is CCN(CC(=O)N1CCN(S(=O)(=O)c2ccccc2C#N)CC1)Cc1c(F)cccc1F. The second-order valence-corrected chi connectivity index (χ2v) is 9.30. The number of carbonyl (C=O) groups is 1. The molecule has 7 nitrogen and oxygen atoms in total. The summed E-state index contributed by atoms with van der Waals surface area (Å²) < 4.78 is 55.0. The number of carbonyl (C=O) groups excluding carboxylic acids is 1. The smallest absolute Gasteiger partial charge is 0.244 e. The molecule has 10 heteroatoms. The number of likely N-dealkylation sites (N-methyl/N-ethyl adjacent to an activating group) is 1. The molecule has 0 radical (unpaired) electrons. The predicted molar refractivity (Wildman–Crippen MR) is 114 cm³/mol. The number of rotatable bonds is 7. The highest BCUT2D eigenvalue weighted by atomic mass is 32.2. The molecule has 0 aromatic heterocycles. The molecule has 1 amide bonds. The van der Waals surface area contributed by atoms with E-state index < -0.39 is 21.7 Å². The van der Waals surface area contributed by atoms with Crippen molar-refractivity contribution in [2.75, 3.05) is 39.3 Å². The van der Waals surface area contributed by atoms with Gasteiger partial charge < -0.3 is 4.90 Å². The largest absolute Gasteiger partial charge is 0.339 e. The zero-order chi connectivity index (χ0) is 23.3. The number of nitriles is 1. The molecule has 1 aliphatic heterocycles. The number of piperazine rings is 1. The Morgan fingerprint density at radius 3 is 2.28 bits per heavy atom. The molecule has 32 heavy (non-hydrogen) atoms. The van der Waals surface area contributed by atoms with Crippen LogP contribution in [-0.4, -0.2) is 67.7 Å². The van der Waals surface area contributed by atoms with Crippen LogP contribution in [0, 0.1) is 23.0 Å². The van der Waals surface area contributed by atoms with Crippen molar-refractivity contribution in [3.63, 3.8) is 0 Å². The summed E-state index contributed by atoms with van der Waals surface area (Å²) in [5.74, 6) is -1.56. The molecule has 170 valence electrons. The molecule has 0 atom stereocenters. The maximum Gasteiger partial charge on any atom is 0.244 e. The van der Waals surface area contributed by atoms with Gasteiger partial charge in [0.2, 0.25) is 15.9 Å². The van der Waals surface area contributed by atoms with E-state index in [2.05, 4.69) is 0 Å². The predicted octanol–water partition coefficient (Wildman–Crippen LogP) is 2.19. The standard InChI is InChI=1S/C22H24F2N4O3S/c1-2-26(15-18-19(23)7-5-8-20(18)24)16-22(29)27-10-12-28(13-11-27)32(30,31)21-9-4-3-6-17(21)14-25/h3-9H,2,10-13,15-16H2,1H3. The van der Waals surface area contributed by atoms with E-state index >= 15 is 0 Å². The highest BCUT2D eigenvalue weighted by molar-refractivity contribution is 7.89. The molecule has 0 N–H and O–H groups in total. The van der Waals surface area contributed by atoms with Gasteiger partial charge in [-0.05, 0) is 30.8 Å².